The lowest BCUT2D eigenvalue weighted by Gasteiger charge is -2.45. The highest BCUT2D eigenvalue weighted by molar-refractivity contribution is 7.00. The van der Waals surface area contributed by atoms with Gasteiger partial charge in [0.05, 0.1) is 22.2 Å². The normalized spacial score (nSPS) is 13.4. The van der Waals surface area contributed by atoms with Gasteiger partial charge in [-0.3, -0.25) is 0 Å². The van der Waals surface area contributed by atoms with Crippen LogP contribution in [0.5, 0.6) is 0 Å². The van der Waals surface area contributed by atoms with Crippen molar-refractivity contribution in [2.24, 2.45) is 0 Å². The largest absolute Gasteiger partial charge is 0.456 e. The van der Waals surface area contributed by atoms with Gasteiger partial charge in [0.2, 0.25) is 0 Å². The molecule has 0 aliphatic carbocycles. The van der Waals surface area contributed by atoms with Crippen molar-refractivity contribution in [3.63, 3.8) is 0 Å². The number of aromatic nitrogens is 1. The molecule has 0 saturated carbocycles. The van der Waals surface area contributed by atoms with E-state index in [4.69, 9.17) is 4.42 Å². The summed E-state index contributed by atoms with van der Waals surface area (Å²) in [6, 6.07) is 110. The lowest BCUT2D eigenvalue weighted by atomic mass is 9.33. The molecular formula is C104H92BN3O. The zero-order valence-corrected chi connectivity index (χ0v) is 65.5. The molecule has 0 spiro atoms. The fraction of sp³-hybridized carbons (Fsp3) is 0.192. The van der Waals surface area contributed by atoms with Crippen molar-refractivity contribution in [3.05, 3.63) is 313 Å². The third kappa shape index (κ3) is 11.2. The van der Waals surface area contributed by atoms with Crippen molar-refractivity contribution in [2.75, 3.05) is 9.80 Å². The highest BCUT2D eigenvalue weighted by Crippen LogP contribution is 2.54. The maximum atomic E-state index is 6.66. The molecule has 0 atom stereocenters. The molecular weight excluding hydrogens is 1320 g/mol. The number of hydrogen-bond acceptors (Lipinski definition) is 3. The molecule has 109 heavy (non-hydrogen) atoms. The lowest BCUT2D eigenvalue weighted by Crippen LogP contribution is -2.61. The Kier molecular flexibility index (Phi) is 15.2. The quantitative estimate of drug-likeness (QED) is 0.142. The van der Waals surface area contributed by atoms with Crippen LogP contribution in [0.25, 0.3) is 127 Å². The second kappa shape index (κ2) is 24.4. The first-order valence-corrected chi connectivity index (χ1v) is 39.1. The third-order valence-electron chi connectivity index (χ3n) is 23.8. The average molecular weight is 1410 g/mol. The molecule has 0 fully saturated rings. The number of fused-ring (bicyclic) bond motifs is 13. The first-order valence-electron chi connectivity index (χ1n) is 39.1. The summed E-state index contributed by atoms with van der Waals surface area (Å²) in [5.41, 5.74) is 36.1. The summed E-state index contributed by atoms with van der Waals surface area (Å²) in [6.45, 7) is 35.0. The monoisotopic (exact) mass is 1410 g/mol. The fourth-order valence-corrected chi connectivity index (χ4v) is 17.7. The van der Waals surface area contributed by atoms with Gasteiger partial charge >= 0.3 is 0 Å². The van der Waals surface area contributed by atoms with Gasteiger partial charge in [0.15, 0.2) is 0 Å². The molecule has 19 rings (SSSR count). The Labute approximate surface area is 642 Å². The van der Waals surface area contributed by atoms with Gasteiger partial charge in [0.25, 0.3) is 6.71 Å². The van der Waals surface area contributed by atoms with E-state index in [0.29, 0.717) is 0 Å². The van der Waals surface area contributed by atoms with Gasteiger partial charge in [-0.05, 0) is 212 Å². The fourth-order valence-electron chi connectivity index (χ4n) is 17.7. The van der Waals surface area contributed by atoms with Crippen molar-refractivity contribution in [1.29, 1.82) is 0 Å². The summed E-state index contributed by atoms with van der Waals surface area (Å²) in [5.74, 6) is 0. The number of anilines is 6. The van der Waals surface area contributed by atoms with E-state index in [0.717, 1.165) is 95.0 Å². The first kappa shape index (κ1) is 67.9. The van der Waals surface area contributed by atoms with Gasteiger partial charge in [-0.25, -0.2) is 0 Å². The summed E-state index contributed by atoms with van der Waals surface area (Å²) >= 11 is 0. The third-order valence-corrected chi connectivity index (χ3v) is 23.8. The number of rotatable bonds is 8. The highest BCUT2D eigenvalue weighted by atomic mass is 16.3. The van der Waals surface area contributed by atoms with Crippen LogP contribution in [0.2, 0.25) is 0 Å². The van der Waals surface area contributed by atoms with Crippen LogP contribution >= 0.6 is 0 Å². The van der Waals surface area contributed by atoms with Crippen LogP contribution < -0.4 is 26.2 Å². The maximum absolute atomic E-state index is 6.66. The molecule has 3 aromatic heterocycles. The van der Waals surface area contributed by atoms with Crippen LogP contribution in [-0.2, 0) is 27.1 Å². The van der Waals surface area contributed by atoms with Crippen LogP contribution in [-0.4, -0.2) is 11.1 Å². The van der Waals surface area contributed by atoms with Crippen molar-refractivity contribution < 1.29 is 4.42 Å². The van der Waals surface area contributed by atoms with Crippen LogP contribution in [0.4, 0.5) is 34.1 Å². The predicted octanol–water partition coefficient (Wildman–Crippen LogP) is 27.3. The molecule has 2 aliphatic heterocycles. The Morgan fingerprint density at radius 3 is 1.23 bits per heavy atom. The van der Waals surface area contributed by atoms with Gasteiger partial charge in [-0.1, -0.05) is 304 Å². The molecule has 0 amide bonds. The molecule has 5 heteroatoms. The topological polar surface area (TPSA) is 24.0 Å². The minimum absolute atomic E-state index is 0.0470. The number of hydrogen-bond donors (Lipinski definition) is 0. The SMILES string of the molecule is CC(C)(C)c1cc(-c2ccc(N3c4cc(-c5cc(C(C)(C)C)cc(C(C)(C)C)c5)ccc4B4c5ccc(-c6ccc7c(c6)c6cccc8c9ccccc9n7c86)cc5N(c5c(-c6ccccc6)cc(C(C)(C)C)cc5-c5ccccc5)c5cc(-c6ccc7oc8ccccc8c7c6)cc3c54)cc2)cc(C(C)(C)C)c1. The Morgan fingerprint density at radius 1 is 0.257 bits per heavy atom. The van der Waals surface area contributed by atoms with E-state index in [1.165, 1.54) is 110 Å². The minimum atomic E-state index is -0.216. The Bertz CT molecular complexity index is 6430. The second-order valence-corrected chi connectivity index (χ2v) is 36.2. The molecule has 0 bridgehead atoms. The molecule has 4 nitrogen and oxygen atoms in total. The van der Waals surface area contributed by atoms with E-state index in [2.05, 4.69) is 403 Å². The zero-order chi connectivity index (χ0) is 75.1. The molecule has 14 aromatic carbocycles. The van der Waals surface area contributed by atoms with E-state index in [-0.39, 0.29) is 33.8 Å². The van der Waals surface area contributed by atoms with E-state index in [1.807, 2.05) is 0 Å². The highest BCUT2D eigenvalue weighted by Gasteiger charge is 2.45. The van der Waals surface area contributed by atoms with Gasteiger partial charge in [0.1, 0.15) is 11.2 Å². The zero-order valence-electron chi connectivity index (χ0n) is 65.5. The molecule has 5 heterocycles. The molecule has 2 aliphatic rings. The van der Waals surface area contributed by atoms with Crippen molar-refractivity contribution >= 4 is 117 Å². The lowest BCUT2D eigenvalue weighted by molar-refractivity contribution is 0.568. The van der Waals surface area contributed by atoms with Crippen LogP contribution in [0.15, 0.2) is 290 Å². The molecule has 0 radical (unpaired) electrons. The Balaban J connectivity index is 0.940. The molecule has 532 valence electrons. The average Bonchev–Trinajstić information content (AvgIpc) is 1.23. The van der Waals surface area contributed by atoms with Gasteiger partial charge in [-0.2, -0.15) is 0 Å². The van der Waals surface area contributed by atoms with E-state index in [1.54, 1.807) is 0 Å². The molecule has 17 aromatic rings. The summed E-state index contributed by atoms with van der Waals surface area (Å²) in [6.07, 6.45) is 0. The number of para-hydroxylation sites is 3. The second-order valence-electron chi connectivity index (χ2n) is 36.2. The van der Waals surface area contributed by atoms with Gasteiger partial charge < -0.3 is 18.6 Å². The minimum Gasteiger partial charge on any atom is -0.456 e. The predicted molar refractivity (Wildman–Crippen MR) is 469 cm³/mol. The van der Waals surface area contributed by atoms with Crippen LogP contribution in [0.3, 0.4) is 0 Å². The molecule has 0 saturated heterocycles. The summed E-state index contributed by atoms with van der Waals surface area (Å²) < 4.78 is 9.15. The van der Waals surface area contributed by atoms with Crippen molar-refractivity contribution in [1.82, 2.24) is 4.40 Å². The van der Waals surface area contributed by atoms with Crippen molar-refractivity contribution in [3.8, 4) is 66.8 Å². The van der Waals surface area contributed by atoms with E-state index in [9.17, 15) is 0 Å². The Hall–Kier alpha value is -11.7. The van der Waals surface area contributed by atoms with Crippen LogP contribution in [0.1, 0.15) is 132 Å². The number of furan rings is 1. The number of benzene rings is 14. The summed E-state index contributed by atoms with van der Waals surface area (Å²) in [5, 5.41) is 7.27. The van der Waals surface area contributed by atoms with Crippen molar-refractivity contribution in [2.45, 2.75) is 131 Å². The van der Waals surface area contributed by atoms with E-state index >= 15 is 0 Å². The standard InChI is InChI=1S/C104H92BN3O/c1-100(2,3)73-49-70(50-74(59-73)101(4,5)6)63-37-43-78(44-38-63)106-91-56-69(71-51-75(102(7,8)9)60-76(52-71)103(10,11)12)40-46-87(91)105-88-45-39-68(66-41-47-90-85(53-66)82-34-26-33-81-79-31-22-24-35-89(79)107(90)98(81)82)55-92(88)108(94-58-72(57-93(106)97(94)105)67-42-48-96-86(54-67)80-32-23-25-36-95(80)109-96)99-83(64-27-18-16-19-28-64)61-77(104(13,14)15)62-84(99)65-29-20-17-21-30-65/h16-62H,1-15H3. The number of nitrogens with zero attached hydrogens (tertiary/aromatic N) is 3. The maximum Gasteiger partial charge on any atom is 0.252 e. The molecule has 0 N–H and O–H groups in total. The first-order chi connectivity index (χ1) is 52.2. The smallest absolute Gasteiger partial charge is 0.252 e. The van der Waals surface area contributed by atoms with E-state index < -0.39 is 0 Å². The summed E-state index contributed by atoms with van der Waals surface area (Å²) in [7, 11) is 0. The molecule has 0 unspecified atom stereocenters. The summed E-state index contributed by atoms with van der Waals surface area (Å²) in [4.78, 5) is 5.35. The van der Waals surface area contributed by atoms with Crippen LogP contribution in [0, 0.1) is 0 Å². The van der Waals surface area contributed by atoms with Gasteiger partial charge in [-0.15, -0.1) is 0 Å². The van der Waals surface area contributed by atoms with Gasteiger partial charge in [0, 0.05) is 71.9 Å². The Morgan fingerprint density at radius 2 is 0.651 bits per heavy atom.